The van der Waals surface area contributed by atoms with E-state index in [1.807, 2.05) is 0 Å². The van der Waals surface area contributed by atoms with Gasteiger partial charge in [0.05, 0.1) is 12.1 Å². The monoisotopic (exact) mass is 332 g/mol. The molecule has 1 fully saturated rings. The summed E-state index contributed by atoms with van der Waals surface area (Å²) in [6.45, 7) is 0.163. The number of hydrogen-bond donors (Lipinski definition) is 4. The highest BCUT2D eigenvalue weighted by Gasteiger charge is 2.34. The zero-order valence-electron chi connectivity index (χ0n) is 13.6. The van der Waals surface area contributed by atoms with Gasteiger partial charge in [-0.3, -0.25) is 14.4 Å². The quantitative estimate of drug-likeness (QED) is 0.592. The summed E-state index contributed by atoms with van der Waals surface area (Å²) in [6.07, 6.45) is 4.54. The molecule has 6 N–H and O–H groups in total. The second-order valence-corrected chi connectivity index (χ2v) is 6.25. The number of nitrogens with two attached hydrogens (primary N) is 2. The van der Waals surface area contributed by atoms with E-state index in [0.29, 0.717) is 12.1 Å². The molecule has 1 aliphatic carbocycles. The van der Waals surface area contributed by atoms with Crippen molar-refractivity contribution in [3.05, 3.63) is 35.4 Å². The molecule has 1 aromatic carbocycles. The molecule has 0 saturated heterocycles. The lowest BCUT2D eigenvalue weighted by atomic mass is 9.82. The third-order valence-corrected chi connectivity index (χ3v) is 4.29. The Labute approximate surface area is 141 Å². The molecule has 0 unspecified atom stereocenters. The predicted molar refractivity (Wildman–Crippen MR) is 89.8 cm³/mol. The van der Waals surface area contributed by atoms with E-state index in [-0.39, 0.29) is 18.4 Å². The first kappa shape index (κ1) is 17.9. The molecule has 24 heavy (non-hydrogen) atoms. The molecule has 0 heterocycles. The number of carbonyl (C=O) groups is 3. The van der Waals surface area contributed by atoms with Crippen molar-refractivity contribution >= 4 is 17.7 Å². The summed E-state index contributed by atoms with van der Waals surface area (Å²) < 4.78 is 0. The van der Waals surface area contributed by atoms with E-state index in [1.165, 1.54) is 0 Å². The Balaban J connectivity index is 1.86. The van der Waals surface area contributed by atoms with Gasteiger partial charge in [0.25, 0.3) is 5.91 Å². The van der Waals surface area contributed by atoms with Gasteiger partial charge >= 0.3 is 0 Å². The summed E-state index contributed by atoms with van der Waals surface area (Å²) in [5, 5.41) is 5.29. The van der Waals surface area contributed by atoms with E-state index in [4.69, 9.17) is 11.5 Å². The summed E-state index contributed by atoms with van der Waals surface area (Å²) >= 11 is 0. The van der Waals surface area contributed by atoms with Crippen molar-refractivity contribution in [1.29, 1.82) is 0 Å². The molecule has 0 aliphatic heterocycles. The van der Waals surface area contributed by atoms with Gasteiger partial charge in [-0.1, -0.05) is 31.4 Å². The molecule has 0 radical (unpaired) electrons. The van der Waals surface area contributed by atoms with Crippen molar-refractivity contribution in [2.45, 2.75) is 44.2 Å². The van der Waals surface area contributed by atoms with Crippen LogP contribution < -0.4 is 22.1 Å². The van der Waals surface area contributed by atoms with E-state index in [0.717, 1.165) is 37.7 Å². The fourth-order valence-electron chi connectivity index (χ4n) is 2.81. The number of amides is 3. The van der Waals surface area contributed by atoms with Crippen LogP contribution in [0.25, 0.3) is 0 Å². The molecule has 7 heteroatoms. The largest absolute Gasteiger partial charge is 0.368 e. The third kappa shape index (κ3) is 4.79. The van der Waals surface area contributed by atoms with Gasteiger partial charge in [0, 0.05) is 12.1 Å². The molecular formula is C17H24N4O3. The molecular weight excluding hydrogens is 308 g/mol. The van der Waals surface area contributed by atoms with Crippen molar-refractivity contribution in [3.63, 3.8) is 0 Å². The number of rotatable bonds is 6. The summed E-state index contributed by atoms with van der Waals surface area (Å²) in [5.41, 5.74) is 11.7. The van der Waals surface area contributed by atoms with Gasteiger partial charge in [0.15, 0.2) is 0 Å². The van der Waals surface area contributed by atoms with Gasteiger partial charge in [-0.2, -0.15) is 0 Å². The first-order chi connectivity index (χ1) is 11.4. The standard InChI is InChI=1S/C17H24N4O3/c18-14(22)11-20-15(23)13-6-4-12(5-7-13)10-21-16(24)17(19)8-2-1-3-9-17/h4-7H,1-3,8-11,19H2,(H2,18,22)(H,20,23)(H,21,24). The van der Waals surface area contributed by atoms with E-state index in [1.54, 1.807) is 24.3 Å². The Hall–Kier alpha value is -2.41. The maximum absolute atomic E-state index is 12.3. The second kappa shape index (κ2) is 7.92. The molecule has 2 rings (SSSR count). The normalized spacial score (nSPS) is 16.2. The van der Waals surface area contributed by atoms with Crippen LogP contribution >= 0.6 is 0 Å². The molecule has 3 amide bonds. The first-order valence-corrected chi connectivity index (χ1v) is 8.13. The highest BCUT2D eigenvalue weighted by Crippen LogP contribution is 2.26. The van der Waals surface area contributed by atoms with Gasteiger partial charge in [0.1, 0.15) is 0 Å². The van der Waals surface area contributed by atoms with Crippen molar-refractivity contribution in [1.82, 2.24) is 10.6 Å². The first-order valence-electron chi connectivity index (χ1n) is 8.13. The van der Waals surface area contributed by atoms with Crippen LogP contribution in [0.1, 0.15) is 48.0 Å². The van der Waals surface area contributed by atoms with Gasteiger partial charge in [-0.05, 0) is 30.5 Å². The smallest absolute Gasteiger partial charge is 0.251 e. The molecule has 130 valence electrons. The number of nitrogens with one attached hydrogen (secondary N) is 2. The van der Waals surface area contributed by atoms with Crippen molar-refractivity contribution in [2.75, 3.05) is 6.54 Å². The van der Waals surface area contributed by atoms with Crippen LogP contribution in [0.4, 0.5) is 0 Å². The minimum atomic E-state index is -0.757. The van der Waals surface area contributed by atoms with E-state index < -0.39 is 11.4 Å². The highest BCUT2D eigenvalue weighted by atomic mass is 16.2. The van der Waals surface area contributed by atoms with E-state index in [9.17, 15) is 14.4 Å². The van der Waals surface area contributed by atoms with Crippen LogP contribution in [-0.4, -0.2) is 29.8 Å². The predicted octanol–water partition coefficient (Wildman–Crippen LogP) is 0.180. The van der Waals surface area contributed by atoms with Gasteiger partial charge in [-0.15, -0.1) is 0 Å². The lowest BCUT2D eigenvalue weighted by Gasteiger charge is -2.31. The van der Waals surface area contributed by atoms with Gasteiger partial charge in [0.2, 0.25) is 11.8 Å². The maximum Gasteiger partial charge on any atom is 0.251 e. The Morgan fingerprint density at radius 1 is 1.00 bits per heavy atom. The minimum Gasteiger partial charge on any atom is -0.368 e. The molecule has 1 aliphatic rings. The Morgan fingerprint density at radius 3 is 2.21 bits per heavy atom. The average molecular weight is 332 g/mol. The van der Waals surface area contributed by atoms with Crippen LogP contribution in [0.15, 0.2) is 24.3 Å². The van der Waals surface area contributed by atoms with E-state index >= 15 is 0 Å². The highest BCUT2D eigenvalue weighted by molar-refractivity contribution is 5.96. The summed E-state index contributed by atoms with van der Waals surface area (Å²) in [6, 6.07) is 6.78. The van der Waals surface area contributed by atoms with E-state index in [2.05, 4.69) is 10.6 Å². The zero-order valence-corrected chi connectivity index (χ0v) is 13.6. The second-order valence-electron chi connectivity index (χ2n) is 6.25. The lowest BCUT2D eigenvalue weighted by molar-refractivity contribution is -0.127. The Bertz CT molecular complexity index is 607. The molecule has 0 atom stereocenters. The summed E-state index contributed by atoms with van der Waals surface area (Å²) in [7, 11) is 0. The molecule has 1 aromatic rings. The van der Waals surface area contributed by atoms with Gasteiger partial charge in [-0.25, -0.2) is 0 Å². The molecule has 0 aromatic heterocycles. The number of primary amides is 1. The van der Waals surface area contributed by atoms with Crippen molar-refractivity contribution in [2.24, 2.45) is 11.5 Å². The molecule has 1 saturated carbocycles. The zero-order chi connectivity index (χ0) is 17.6. The molecule has 0 spiro atoms. The lowest BCUT2D eigenvalue weighted by Crippen LogP contribution is -2.54. The summed E-state index contributed by atoms with van der Waals surface area (Å²) in [4.78, 5) is 34.7. The van der Waals surface area contributed by atoms with Crippen molar-refractivity contribution in [3.8, 4) is 0 Å². The van der Waals surface area contributed by atoms with Crippen LogP contribution in [0, 0.1) is 0 Å². The number of benzene rings is 1. The topological polar surface area (TPSA) is 127 Å². The fourth-order valence-corrected chi connectivity index (χ4v) is 2.81. The van der Waals surface area contributed by atoms with Gasteiger partial charge < -0.3 is 22.1 Å². The Kier molecular flexibility index (Phi) is 5.92. The number of carbonyl (C=O) groups excluding carboxylic acids is 3. The molecule has 0 bridgehead atoms. The third-order valence-electron chi connectivity index (χ3n) is 4.29. The van der Waals surface area contributed by atoms with Crippen LogP contribution in [0.2, 0.25) is 0 Å². The average Bonchev–Trinajstić information content (AvgIpc) is 2.58. The number of hydrogen-bond acceptors (Lipinski definition) is 4. The van der Waals surface area contributed by atoms with Crippen LogP contribution in [-0.2, 0) is 16.1 Å². The summed E-state index contributed by atoms with van der Waals surface area (Å²) in [5.74, 6) is -1.08. The maximum atomic E-state index is 12.3. The van der Waals surface area contributed by atoms with Crippen LogP contribution in [0.5, 0.6) is 0 Å². The molecule has 7 nitrogen and oxygen atoms in total. The minimum absolute atomic E-state index is 0.120. The SMILES string of the molecule is NC(=O)CNC(=O)c1ccc(CNC(=O)C2(N)CCCCC2)cc1. The van der Waals surface area contributed by atoms with Crippen molar-refractivity contribution < 1.29 is 14.4 Å². The Morgan fingerprint density at radius 2 is 1.62 bits per heavy atom. The van der Waals surface area contributed by atoms with Crippen LogP contribution in [0.3, 0.4) is 0 Å². The fraction of sp³-hybridized carbons (Fsp3) is 0.471.